The molecule has 0 bridgehead atoms. The number of halogens is 3. The molecule has 0 saturated heterocycles. The van der Waals surface area contributed by atoms with Gasteiger partial charge in [-0.2, -0.15) is 18.7 Å². The van der Waals surface area contributed by atoms with Gasteiger partial charge in [0.1, 0.15) is 6.54 Å². The van der Waals surface area contributed by atoms with Gasteiger partial charge in [0.25, 0.3) is 0 Å². The third-order valence-corrected chi connectivity index (χ3v) is 5.43. The quantitative estimate of drug-likeness (QED) is 0.313. The molecule has 23 heavy (non-hydrogen) atoms. The molecule has 0 aromatic heterocycles. The van der Waals surface area contributed by atoms with Crippen molar-refractivity contribution in [3.05, 3.63) is 0 Å². The number of alkyl halides is 3. The normalized spacial score (nSPS) is 16.0. The average molecular weight is 382 g/mol. The van der Waals surface area contributed by atoms with E-state index in [2.05, 4.69) is 10.1 Å². The Labute approximate surface area is 134 Å². The Morgan fingerprint density at radius 3 is 2.26 bits per heavy atom. The molecule has 0 aliphatic rings. The number of hydroxylamine groups is 1. The zero-order chi connectivity index (χ0) is 18.4. The van der Waals surface area contributed by atoms with E-state index in [-0.39, 0.29) is 10.7 Å². The predicted molar refractivity (Wildman–Crippen MR) is 76.5 cm³/mol. The van der Waals surface area contributed by atoms with Crippen molar-refractivity contribution < 1.29 is 41.9 Å². The molecule has 0 heterocycles. The SMILES string of the molecule is CCSC(N(CC(=O)O)C(=O)C(F)(F)F)P(=O)(O)ONC(C)C. The summed E-state index contributed by atoms with van der Waals surface area (Å²) in [6.45, 7) is 3.14. The van der Waals surface area contributed by atoms with Crippen LogP contribution in [0.3, 0.4) is 0 Å². The summed E-state index contributed by atoms with van der Waals surface area (Å²) in [6.07, 6.45) is -5.40. The van der Waals surface area contributed by atoms with Gasteiger partial charge in [0.15, 0.2) is 5.11 Å². The minimum absolute atomic E-state index is 0.0432. The molecule has 0 fully saturated rings. The molecule has 136 valence electrons. The molecule has 0 spiro atoms. The second-order valence-corrected chi connectivity index (χ2v) is 8.04. The number of amides is 1. The van der Waals surface area contributed by atoms with E-state index in [1.54, 1.807) is 0 Å². The monoisotopic (exact) mass is 382 g/mol. The van der Waals surface area contributed by atoms with Crippen molar-refractivity contribution in [1.82, 2.24) is 10.4 Å². The lowest BCUT2D eigenvalue weighted by Gasteiger charge is -2.32. The Balaban J connectivity index is 5.64. The van der Waals surface area contributed by atoms with Gasteiger partial charge in [-0.15, -0.1) is 11.8 Å². The fourth-order valence-electron chi connectivity index (χ4n) is 1.29. The van der Waals surface area contributed by atoms with E-state index >= 15 is 0 Å². The second-order valence-electron chi connectivity index (χ2n) is 4.53. The van der Waals surface area contributed by atoms with E-state index in [1.165, 1.54) is 20.8 Å². The van der Waals surface area contributed by atoms with Crippen molar-refractivity contribution in [1.29, 1.82) is 0 Å². The molecule has 2 atom stereocenters. The van der Waals surface area contributed by atoms with Gasteiger partial charge in [0.2, 0.25) is 0 Å². The fraction of sp³-hybridized carbons (Fsp3) is 0.800. The molecule has 0 radical (unpaired) electrons. The molecule has 0 aromatic carbocycles. The van der Waals surface area contributed by atoms with E-state index in [1.807, 2.05) is 0 Å². The van der Waals surface area contributed by atoms with Gasteiger partial charge in [0.05, 0.1) is 0 Å². The summed E-state index contributed by atoms with van der Waals surface area (Å²) < 4.78 is 54.6. The zero-order valence-electron chi connectivity index (χ0n) is 12.5. The summed E-state index contributed by atoms with van der Waals surface area (Å²) in [5.74, 6) is -4.25. The highest BCUT2D eigenvalue weighted by Gasteiger charge is 2.50. The highest BCUT2D eigenvalue weighted by molar-refractivity contribution is 8.05. The molecule has 1 amide bonds. The Hall–Kier alpha value is -0.810. The van der Waals surface area contributed by atoms with Crippen LogP contribution >= 0.6 is 19.4 Å². The van der Waals surface area contributed by atoms with Crippen LogP contribution in [-0.2, 0) is 18.8 Å². The van der Waals surface area contributed by atoms with E-state index < -0.39 is 43.4 Å². The number of carbonyl (C=O) groups excluding carboxylic acids is 1. The fourth-order valence-corrected chi connectivity index (χ4v) is 4.26. The van der Waals surface area contributed by atoms with Crippen molar-refractivity contribution in [3.8, 4) is 0 Å². The number of rotatable bonds is 9. The van der Waals surface area contributed by atoms with Crippen LogP contribution in [0.2, 0.25) is 0 Å². The maximum Gasteiger partial charge on any atom is 0.471 e. The third kappa shape index (κ3) is 7.53. The molecule has 2 unspecified atom stereocenters. The van der Waals surface area contributed by atoms with Crippen molar-refractivity contribution >= 4 is 31.2 Å². The van der Waals surface area contributed by atoms with Crippen LogP contribution in [0.4, 0.5) is 13.2 Å². The van der Waals surface area contributed by atoms with E-state index in [0.29, 0.717) is 11.8 Å². The first kappa shape index (κ1) is 22.2. The summed E-state index contributed by atoms with van der Waals surface area (Å²) in [7, 11) is -4.82. The number of nitrogens with zero attached hydrogens (tertiary/aromatic N) is 1. The zero-order valence-corrected chi connectivity index (χ0v) is 14.2. The van der Waals surface area contributed by atoms with Crippen LogP contribution in [0.5, 0.6) is 0 Å². The smallest absolute Gasteiger partial charge is 0.471 e. The molecule has 0 aliphatic carbocycles. The number of thioether (sulfide) groups is 1. The number of hydrogen-bond donors (Lipinski definition) is 3. The van der Waals surface area contributed by atoms with Crippen LogP contribution in [0, 0.1) is 0 Å². The number of nitrogens with one attached hydrogen (secondary N) is 1. The first-order chi connectivity index (χ1) is 10.3. The number of carboxylic acid groups (broad SMARTS) is 1. The largest absolute Gasteiger partial charge is 0.480 e. The maximum atomic E-state index is 12.6. The predicted octanol–water partition coefficient (Wildman–Crippen LogP) is 1.61. The highest BCUT2D eigenvalue weighted by atomic mass is 32.2. The number of carboxylic acids is 1. The molecule has 13 heteroatoms. The summed E-state index contributed by atoms with van der Waals surface area (Å²) in [5, 5.41) is 6.68. The number of carbonyl (C=O) groups is 2. The molecule has 0 aliphatic heterocycles. The lowest BCUT2D eigenvalue weighted by atomic mass is 10.4. The van der Waals surface area contributed by atoms with Crippen molar-refractivity contribution in [2.75, 3.05) is 12.3 Å². The van der Waals surface area contributed by atoms with Gasteiger partial charge in [-0.05, 0) is 19.6 Å². The second kappa shape index (κ2) is 8.88. The van der Waals surface area contributed by atoms with Crippen LogP contribution in [0.1, 0.15) is 20.8 Å². The van der Waals surface area contributed by atoms with Gasteiger partial charge >= 0.3 is 25.6 Å². The summed E-state index contributed by atoms with van der Waals surface area (Å²) in [6, 6.07) is -0.436. The molecule has 0 saturated carbocycles. The Morgan fingerprint density at radius 1 is 1.39 bits per heavy atom. The van der Waals surface area contributed by atoms with Gasteiger partial charge < -0.3 is 14.9 Å². The Kier molecular flexibility index (Phi) is 8.57. The van der Waals surface area contributed by atoms with Crippen LogP contribution < -0.4 is 5.48 Å². The van der Waals surface area contributed by atoms with Crippen molar-refractivity contribution in [2.24, 2.45) is 0 Å². The lowest BCUT2D eigenvalue weighted by molar-refractivity contribution is -0.186. The Bertz CT molecular complexity index is 476. The maximum absolute atomic E-state index is 12.6. The first-order valence-corrected chi connectivity index (χ1v) is 9.00. The molecular weight excluding hydrogens is 364 g/mol. The minimum Gasteiger partial charge on any atom is -0.480 e. The molecule has 0 rings (SSSR count). The van der Waals surface area contributed by atoms with Gasteiger partial charge in [-0.25, -0.2) is 4.62 Å². The summed E-state index contributed by atoms with van der Waals surface area (Å²) in [4.78, 5) is 31.8. The van der Waals surface area contributed by atoms with Gasteiger partial charge in [-0.1, -0.05) is 6.92 Å². The van der Waals surface area contributed by atoms with Crippen LogP contribution in [-0.4, -0.2) is 56.4 Å². The topological polar surface area (TPSA) is 116 Å². The number of aliphatic carboxylic acids is 1. The highest BCUT2D eigenvalue weighted by Crippen LogP contribution is 2.53. The van der Waals surface area contributed by atoms with Gasteiger partial charge in [-0.3, -0.25) is 14.2 Å². The summed E-state index contributed by atoms with van der Waals surface area (Å²) in [5.41, 5.74) is 2.12. The molecule has 8 nitrogen and oxygen atoms in total. The van der Waals surface area contributed by atoms with E-state index in [9.17, 15) is 32.2 Å². The lowest BCUT2D eigenvalue weighted by Crippen LogP contribution is -2.48. The van der Waals surface area contributed by atoms with E-state index in [4.69, 9.17) is 5.11 Å². The molecule has 3 N–H and O–H groups in total. The van der Waals surface area contributed by atoms with Crippen LogP contribution in [0.15, 0.2) is 0 Å². The van der Waals surface area contributed by atoms with Crippen molar-refractivity contribution in [3.63, 3.8) is 0 Å². The molecule has 0 aromatic rings. The van der Waals surface area contributed by atoms with Crippen molar-refractivity contribution in [2.45, 2.75) is 38.1 Å². The van der Waals surface area contributed by atoms with E-state index in [0.717, 1.165) is 0 Å². The standard InChI is InChI=1S/C10H18F3N2O6PS/c1-4-23-9(22(19,20)21-14-6(2)3)15(5-7(16)17)8(18)10(11,12)13/h6,9,14H,4-5H2,1-3H3,(H,16,17)(H,19,20). The Morgan fingerprint density at radius 2 is 1.91 bits per heavy atom. The number of hydrogen-bond acceptors (Lipinski definition) is 6. The van der Waals surface area contributed by atoms with Gasteiger partial charge in [0, 0.05) is 6.04 Å². The minimum atomic E-state index is -5.40. The average Bonchev–Trinajstić information content (AvgIpc) is 2.38. The first-order valence-electron chi connectivity index (χ1n) is 6.30. The summed E-state index contributed by atoms with van der Waals surface area (Å²) >= 11 is 0.493. The van der Waals surface area contributed by atoms with Crippen LogP contribution in [0.25, 0.3) is 0 Å². The third-order valence-electron chi connectivity index (χ3n) is 2.09. The molecular formula is C10H18F3N2O6PS.